The lowest BCUT2D eigenvalue weighted by molar-refractivity contribution is -0.384. The van der Waals surface area contributed by atoms with Crippen LogP contribution in [0.15, 0.2) is 36.5 Å². The maximum Gasteiger partial charge on any atom is 0.269 e. The lowest BCUT2D eigenvalue weighted by Gasteiger charge is -2.12. The van der Waals surface area contributed by atoms with E-state index in [1.54, 1.807) is 17.8 Å². The molecule has 1 unspecified atom stereocenters. The fourth-order valence-corrected chi connectivity index (χ4v) is 1.68. The second-order valence-electron chi connectivity index (χ2n) is 4.41. The topological polar surface area (TPSA) is 90.1 Å². The molecular formula is C13H14N4O3. The number of nitro benzene ring substituents is 1. The summed E-state index contributed by atoms with van der Waals surface area (Å²) in [6.45, 7) is 3.57. The van der Waals surface area contributed by atoms with Crippen molar-refractivity contribution in [3.05, 3.63) is 52.3 Å². The molecule has 20 heavy (non-hydrogen) atoms. The molecule has 0 aliphatic rings. The highest BCUT2D eigenvalue weighted by atomic mass is 16.6. The normalized spacial score (nSPS) is 11.9. The number of non-ortho nitro benzene ring substituents is 1. The minimum absolute atomic E-state index is 0.0150. The van der Waals surface area contributed by atoms with Gasteiger partial charge in [0.05, 0.1) is 10.6 Å². The van der Waals surface area contributed by atoms with Crippen molar-refractivity contribution < 1.29 is 9.72 Å². The number of aromatic nitrogens is 2. The molecule has 1 atom stereocenters. The van der Waals surface area contributed by atoms with E-state index in [4.69, 9.17) is 0 Å². The van der Waals surface area contributed by atoms with Crippen LogP contribution in [0.5, 0.6) is 0 Å². The fraction of sp³-hybridized carbons (Fsp3) is 0.231. The zero-order chi connectivity index (χ0) is 14.7. The summed E-state index contributed by atoms with van der Waals surface area (Å²) >= 11 is 0. The van der Waals surface area contributed by atoms with Crippen LogP contribution in [0.2, 0.25) is 0 Å². The third-order valence-corrected chi connectivity index (χ3v) is 2.86. The first-order valence-corrected chi connectivity index (χ1v) is 6.04. The summed E-state index contributed by atoms with van der Waals surface area (Å²) < 4.78 is 1.57. The fourth-order valence-electron chi connectivity index (χ4n) is 1.68. The van der Waals surface area contributed by atoms with Gasteiger partial charge in [-0.1, -0.05) is 0 Å². The molecule has 0 aliphatic carbocycles. The monoisotopic (exact) mass is 274 g/mol. The summed E-state index contributed by atoms with van der Waals surface area (Å²) in [6, 6.07) is 7.04. The molecule has 0 saturated carbocycles. The minimum Gasteiger partial charge on any atom is -0.324 e. The number of benzene rings is 1. The highest BCUT2D eigenvalue weighted by Gasteiger charge is 2.16. The first kappa shape index (κ1) is 13.7. The van der Waals surface area contributed by atoms with Crippen molar-refractivity contribution in [1.29, 1.82) is 0 Å². The summed E-state index contributed by atoms with van der Waals surface area (Å²) in [4.78, 5) is 22.1. The van der Waals surface area contributed by atoms with Gasteiger partial charge in [-0.05, 0) is 32.0 Å². The van der Waals surface area contributed by atoms with Crippen LogP contribution in [0.4, 0.5) is 11.4 Å². The van der Waals surface area contributed by atoms with Crippen molar-refractivity contribution in [2.45, 2.75) is 19.9 Å². The Morgan fingerprint density at radius 3 is 2.50 bits per heavy atom. The molecule has 1 heterocycles. The number of rotatable bonds is 4. The third kappa shape index (κ3) is 3.00. The zero-order valence-electron chi connectivity index (χ0n) is 11.1. The molecule has 0 aliphatic heterocycles. The molecule has 7 nitrogen and oxygen atoms in total. The van der Waals surface area contributed by atoms with Crippen LogP contribution in [-0.4, -0.2) is 20.6 Å². The van der Waals surface area contributed by atoms with E-state index < -0.39 is 11.0 Å². The van der Waals surface area contributed by atoms with Crippen LogP contribution in [-0.2, 0) is 4.79 Å². The van der Waals surface area contributed by atoms with Crippen molar-refractivity contribution in [3.8, 4) is 0 Å². The average molecular weight is 274 g/mol. The Labute approximate surface area is 115 Å². The molecule has 7 heteroatoms. The largest absolute Gasteiger partial charge is 0.324 e. The molecule has 1 N–H and O–H groups in total. The van der Waals surface area contributed by atoms with Crippen LogP contribution in [0.3, 0.4) is 0 Å². The molecular weight excluding hydrogens is 260 g/mol. The molecule has 0 fully saturated rings. The van der Waals surface area contributed by atoms with Gasteiger partial charge < -0.3 is 5.32 Å². The second-order valence-corrected chi connectivity index (χ2v) is 4.41. The predicted octanol–water partition coefficient (Wildman–Crippen LogP) is 2.30. The molecule has 1 aromatic carbocycles. The number of nitro groups is 1. The third-order valence-electron chi connectivity index (χ3n) is 2.86. The van der Waals surface area contributed by atoms with E-state index in [-0.39, 0.29) is 11.6 Å². The molecule has 0 saturated heterocycles. The molecule has 2 rings (SSSR count). The van der Waals surface area contributed by atoms with Gasteiger partial charge in [0.2, 0.25) is 5.91 Å². The second kappa shape index (κ2) is 5.52. The highest BCUT2D eigenvalue weighted by Crippen LogP contribution is 2.17. The van der Waals surface area contributed by atoms with E-state index >= 15 is 0 Å². The standard InChI is InChI=1S/C13H14N4O3/c1-9-7-8-16(15-9)10(2)13(18)14-11-3-5-12(6-4-11)17(19)20/h3-8,10H,1-2H3,(H,14,18). The summed E-state index contributed by atoms with van der Waals surface area (Å²) in [5.41, 5.74) is 1.33. The van der Waals surface area contributed by atoms with Crippen molar-refractivity contribution >= 4 is 17.3 Å². The SMILES string of the molecule is Cc1ccn(C(C)C(=O)Nc2ccc([N+](=O)[O-])cc2)n1. The van der Waals surface area contributed by atoms with E-state index in [1.807, 2.05) is 13.0 Å². The molecule has 1 amide bonds. The molecule has 0 spiro atoms. The molecule has 104 valence electrons. The summed E-state index contributed by atoms with van der Waals surface area (Å²) in [6.07, 6.45) is 1.73. The van der Waals surface area contributed by atoms with Crippen LogP contribution < -0.4 is 5.32 Å². The van der Waals surface area contributed by atoms with Gasteiger partial charge in [0.15, 0.2) is 0 Å². The zero-order valence-corrected chi connectivity index (χ0v) is 11.1. The Morgan fingerprint density at radius 1 is 1.35 bits per heavy atom. The molecule has 0 radical (unpaired) electrons. The number of aryl methyl sites for hydroxylation is 1. The minimum atomic E-state index is -0.485. The van der Waals surface area contributed by atoms with Gasteiger partial charge in [0, 0.05) is 24.0 Å². The molecule has 1 aromatic heterocycles. The van der Waals surface area contributed by atoms with Gasteiger partial charge in [-0.2, -0.15) is 5.10 Å². The van der Waals surface area contributed by atoms with Gasteiger partial charge in [0.1, 0.15) is 6.04 Å². The lowest BCUT2D eigenvalue weighted by atomic mass is 10.2. The van der Waals surface area contributed by atoms with Crippen molar-refractivity contribution in [1.82, 2.24) is 9.78 Å². The van der Waals surface area contributed by atoms with Crippen molar-refractivity contribution in [2.75, 3.05) is 5.32 Å². The lowest BCUT2D eigenvalue weighted by Crippen LogP contribution is -2.24. The average Bonchev–Trinajstić information content (AvgIpc) is 2.85. The van der Waals surface area contributed by atoms with Crippen LogP contribution in [0.1, 0.15) is 18.7 Å². The van der Waals surface area contributed by atoms with E-state index in [0.717, 1.165) is 5.69 Å². The number of anilines is 1. The molecule has 2 aromatic rings. The van der Waals surface area contributed by atoms with Crippen molar-refractivity contribution in [2.24, 2.45) is 0 Å². The number of hydrogen-bond donors (Lipinski definition) is 1. The van der Waals surface area contributed by atoms with Crippen LogP contribution in [0.25, 0.3) is 0 Å². The van der Waals surface area contributed by atoms with E-state index in [1.165, 1.54) is 24.3 Å². The maximum atomic E-state index is 12.0. The van der Waals surface area contributed by atoms with Gasteiger partial charge in [-0.25, -0.2) is 0 Å². The van der Waals surface area contributed by atoms with Gasteiger partial charge in [-0.3, -0.25) is 19.6 Å². The summed E-state index contributed by atoms with van der Waals surface area (Å²) in [5, 5.41) is 17.4. The number of carbonyl (C=O) groups excluding carboxylic acids is 1. The van der Waals surface area contributed by atoms with E-state index in [0.29, 0.717) is 5.69 Å². The number of nitrogens with zero attached hydrogens (tertiary/aromatic N) is 3. The first-order valence-electron chi connectivity index (χ1n) is 6.04. The number of nitrogens with one attached hydrogen (secondary N) is 1. The van der Waals surface area contributed by atoms with E-state index in [9.17, 15) is 14.9 Å². The number of hydrogen-bond acceptors (Lipinski definition) is 4. The summed E-state index contributed by atoms with van der Waals surface area (Å²) in [7, 11) is 0. The quantitative estimate of drug-likeness (QED) is 0.684. The predicted molar refractivity (Wildman–Crippen MR) is 73.4 cm³/mol. The smallest absolute Gasteiger partial charge is 0.269 e. The number of carbonyl (C=O) groups is 1. The Morgan fingerprint density at radius 2 is 2.00 bits per heavy atom. The maximum absolute atomic E-state index is 12.0. The van der Waals surface area contributed by atoms with Crippen LogP contribution in [0, 0.1) is 17.0 Å². The first-order chi connectivity index (χ1) is 9.47. The van der Waals surface area contributed by atoms with Gasteiger partial charge in [-0.15, -0.1) is 0 Å². The van der Waals surface area contributed by atoms with Crippen LogP contribution >= 0.6 is 0 Å². The van der Waals surface area contributed by atoms with Gasteiger partial charge in [0.25, 0.3) is 5.69 Å². The highest BCUT2D eigenvalue weighted by molar-refractivity contribution is 5.93. The Kier molecular flexibility index (Phi) is 3.79. The van der Waals surface area contributed by atoms with Gasteiger partial charge >= 0.3 is 0 Å². The summed E-state index contributed by atoms with van der Waals surface area (Å²) in [5.74, 6) is -0.234. The van der Waals surface area contributed by atoms with Crippen molar-refractivity contribution in [3.63, 3.8) is 0 Å². The number of amides is 1. The molecule has 0 bridgehead atoms. The van der Waals surface area contributed by atoms with E-state index in [2.05, 4.69) is 10.4 Å². The Hall–Kier alpha value is -2.70. The Bertz CT molecular complexity index is 633. The Balaban J connectivity index is 2.05.